The quantitative estimate of drug-likeness (QED) is 0.824. The van der Waals surface area contributed by atoms with Crippen molar-refractivity contribution in [2.75, 3.05) is 33.3 Å². The Morgan fingerprint density at radius 2 is 2.00 bits per heavy atom. The van der Waals surface area contributed by atoms with E-state index in [1.54, 1.807) is 0 Å². The van der Waals surface area contributed by atoms with E-state index in [0.717, 1.165) is 45.4 Å². The fourth-order valence-corrected chi connectivity index (χ4v) is 4.05. The predicted molar refractivity (Wildman–Crippen MR) is 86.9 cm³/mol. The second-order valence-electron chi connectivity index (χ2n) is 7.35. The second kappa shape index (κ2) is 7.18. The second-order valence-corrected chi connectivity index (χ2v) is 7.35. The summed E-state index contributed by atoms with van der Waals surface area (Å²) in [7, 11) is 2.10. The maximum Gasteiger partial charge on any atom is 0.224 e. The summed E-state index contributed by atoms with van der Waals surface area (Å²) in [4.78, 5) is 28.8. The number of nitrogens with zero attached hydrogens (tertiary/aromatic N) is 2. The number of carbonyl (C=O) groups excluding carboxylic acids is 2. The van der Waals surface area contributed by atoms with Gasteiger partial charge in [-0.15, -0.1) is 0 Å². The predicted octanol–water partition coefficient (Wildman–Crippen LogP) is 0.613. The van der Waals surface area contributed by atoms with Crippen LogP contribution in [0.4, 0.5) is 0 Å². The number of likely N-dealkylation sites (N-methyl/N-ethyl adjacent to an activating group) is 1. The summed E-state index contributed by atoms with van der Waals surface area (Å²) in [6.07, 6.45) is 4.80. The summed E-state index contributed by atoms with van der Waals surface area (Å²) in [6, 6.07) is 0.216. The van der Waals surface area contributed by atoms with Crippen molar-refractivity contribution in [1.29, 1.82) is 0 Å². The molecule has 1 unspecified atom stereocenters. The van der Waals surface area contributed by atoms with E-state index in [1.807, 2.05) is 11.8 Å². The largest absolute Gasteiger partial charge is 0.373 e. The molecular weight excluding hydrogens is 294 g/mol. The molecule has 23 heavy (non-hydrogen) atoms. The number of fused-ring (bicyclic) bond motifs is 1. The Balaban J connectivity index is 1.46. The summed E-state index contributed by atoms with van der Waals surface area (Å²) < 4.78 is 5.78. The maximum absolute atomic E-state index is 12.5. The molecule has 2 aliphatic heterocycles. The number of carbonyl (C=O) groups is 2. The summed E-state index contributed by atoms with van der Waals surface area (Å²) >= 11 is 0. The van der Waals surface area contributed by atoms with E-state index in [0.29, 0.717) is 19.0 Å². The van der Waals surface area contributed by atoms with Crippen LogP contribution < -0.4 is 5.32 Å². The lowest BCUT2D eigenvalue weighted by molar-refractivity contribution is -0.131. The van der Waals surface area contributed by atoms with E-state index in [9.17, 15) is 9.59 Å². The molecule has 130 valence electrons. The Morgan fingerprint density at radius 3 is 2.70 bits per heavy atom. The highest BCUT2D eigenvalue weighted by Crippen LogP contribution is 2.25. The zero-order valence-corrected chi connectivity index (χ0v) is 14.3. The Kier molecular flexibility index (Phi) is 5.21. The van der Waals surface area contributed by atoms with Crippen LogP contribution in [-0.4, -0.2) is 73.1 Å². The van der Waals surface area contributed by atoms with E-state index >= 15 is 0 Å². The van der Waals surface area contributed by atoms with Crippen LogP contribution in [0, 0.1) is 5.92 Å². The molecule has 0 aromatic heterocycles. The van der Waals surface area contributed by atoms with Crippen LogP contribution in [-0.2, 0) is 14.3 Å². The first-order chi connectivity index (χ1) is 11.0. The SMILES string of the molecule is CC(CC(=O)N1C[C@H]2OCCN(C)[C@H]2C1)NC(=O)C1CCCC1. The summed E-state index contributed by atoms with van der Waals surface area (Å²) in [6.45, 7) is 5.02. The van der Waals surface area contributed by atoms with Gasteiger partial charge < -0.3 is 15.0 Å². The van der Waals surface area contributed by atoms with Gasteiger partial charge in [-0.2, -0.15) is 0 Å². The average molecular weight is 323 g/mol. The Bertz CT molecular complexity index is 450. The highest BCUT2D eigenvalue weighted by atomic mass is 16.5. The molecule has 3 aliphatic rings. The molecule has 6 nitrogen and oxygen atoms in total. The molecule has 1 aliphatic carbocycles. The van der Waals surface area contributed by atoms with Gasteiger partial charge in [-0.1, -0.05) is 12.8 Å². The molecule has 0 aromatic carbocycles. The lowest BCUT2D eigenvalue weighted by Gasteiger charge is -2.33. The van der Waals surface area contributed by atoms with Crippen LogP contribution in [0.5, 0.6) is 0 Å². The number of amides is 2. The molecule has 0 aromatic rings. The molecule has 1 saturated carbocycles. The molecule has 3 fully saturated rings. The van der Waals surface area contributed by atoms with Crippen LogP contribution in [0.1, 0.15) is 39.0 Å². The lowest BCUT2D eigenvalue weighted by atomic mass is 10.1. The first kappa shape index (κ1) is 16.7. The van der Waals surface area contributed by atoms with Crippen LogP contribution in [0.2, 0.25) is 0 Å². The molecule has 3 rings (SSSR count). The van der Waals surface area contributed by atoms with Gasteiger partial charge in [0.15, 0.2) is 0 Å². The van der Waals surface area contributed by atoms with Crippen molar-refractivity contribution in [2.45, 2.75) is 57.2 Å². The molecule has 3 atom stereocenters. The zero-order chi connectivity index (χ0) is 16.4. The van der Waals surface area contributed by atoms with Gasteiger partial charge in [0.1, 0.15) is 0 Å². The van der Waals surface area contributed by atoms with Gasteiger partial charge in [0.25, 0.3) is 0 Å². The zero-order valence-electron chi connectivity index (χ0n) is 14.3. The highest BCUT2D eigenvalue weighted by Gasteiger charge is 2.40. The van der Waals surface area contributed by atoms with E-state index in [1.165, 1.54) is 0 Å². The van der Waals surface area contributed by atoms with Crippen molar-refractivity contribution >= 4 is 11.8 Å². The maximum atomic E-state index is 12.5. The van der Waals surface area contributed by atoms with Gasteiger partial charge in [-0.3, -0.25) is 14.5 Å². The highest BCUT2D eigenvalue weighted by molar-refractivity contribution is 5.81. The molecular formula is C17H29N3O3. The number of morpholine rings is 1. The van der Waals surface area contributed by atoms with Gasteiger partial charge in [0, 0.05) is 38.0 Å². The lowest BCUT2D eigenvalue weighted by Crippen LogP contribution is -2.48. The number of ether oxygens (including phenoxy) is 1. The van der Waals surface area contributed by atoms with E-state index in [2.05, 4.69) is 17.3 Å². The number of nitrogens with one attached hydrogen (secondary N) is 1. The molecule has 1 N–H and O–H groups in total. The third-order valence-corrected chi connectivity index (χ3v) is 5.53. The number of likely N-dealkylation sites (tertiary alicyclic amines) is 1. The minimum absolute atomic E-state index is 0.100. The summed E-state index contributed by atoms with van der Waals surface area (Å²) in [5, 5.41) is 3.02. The summed E-state index contributed by atoms with van der Waals surface area (Å²) in [5.74, 6) is 0.404. The van der Waals surface area contributed by atoms with Gasteiger partial charge in [0.05, 0.1) is 18.8 Å². The Labute approximate surface area is 138 Å². The van der Waals surface area contributed by atoms with Gasteiger partial charge in [-0.05, 0) is 26.8 Å². The summed E-state index contributed by atoms with van der Waals surface area (Å²) in [5.41, 5.74) is 0. The minimum atomic E-state index is -0.100. The first-order valence-electron chi connectivity index (χ1n) is 8.94. The standard InChI is InChI=1S/C17H29N3O3/c1-12(18-17(22)13-5-3-4-6-13)9-16(21)20-10-14-15(11-20)23-8-7-19(14)2/h12-15H,3-11H2,1-2H3,(H,18,22)/t12?,14-,15+/m0/s1. The molecule has 2 saturated heterocycles. The van der Waals surface area contributed by atoms with Crippen molar-refractivity contribution in [3.63, 3.8) is 0 Å². The third-order valence-electron chi connectivity index (χ3n) is 5.53. The van der Waals surface area contributed by atoms with E-state index in [4.69, 9.17) is 4.74 Å². The monoisotopic (exact) mass is 323 g/mol. The molecule has 6 heteroatoms. The Morgan fingerprint density at radius 1 is 1.26 bits per heavy atom. The number of rotatable bonds is 4. The third kappa shape index (κ3) is 3.86. The fourth-order valence-electron chi connectivity index (χ4n) is 4.05. The normalized spacial score (nSPS) is 30.3. The number of hydrogen-bond donors (Lipinski definition) is 1. The molecule has 0 radical (unpaired) electrons. The van der Waals surface area contributed by atoms with Crippen molar-refractivity contribution in [1.82, 2.24) is 15.1 Å². The number of hydrogen-bond acceptors (Lipinski definition) is 4. The van der Waals surface area contributed by atoms with Gasteiger partial charge in [-0.25, -0.2) is 0 Å². The van der Waals surface area contributed by atoms with E-state index < -0.39 is 0 Å². The molecule has 2 heterocycles. The van der Waals surface area contributed by atoms with Gasteiger partial charge >= 0.3 is 0 Å². The van der Waals surface area contributed by atoms with Gasteiger partial charge in [0.2, 0.25) is 11.8 Å². The van der Waals surface area contributed by atoms with Crippen LogP contribution in [0.15, 0.2) is 0 Å². The van der Waals surface area contributed by atoms with Crippen molar-refractivity contribution in [3.8, 4) is 0 Å². The molecule has 0 spiro atoms. The van der Waals surface area contributed by atoms with Crippen LogP contribution in [0.3, 0.4) is 0 Å². The van der Waals surface area contributed by atoms with Crippen molar-refractivity contribution in [2.24, 2.45) is 5.92 Å². The van der Waals surface area contributed by atoms with Crippen LogP contribution in [0.25, 0.3) is 0 Å². The molecule has 2 amide bonds. The topological polar surface area (TPSA) is 61.9 Å². The smallest absolute Gasteiger partial charge is 0.224 e. The minimum Gasteiger partial charge on any atom is -0.373 e. The Hall–Kier alpha value is -1.14. The van der Waals surface area contributed by atoms with Crippen molar-refractivity contribution < 1.29 is 14.3 Å². The first-order valence-corrected chi connectivity index (χ1v) is 8.94. The molecule has 0 bridgehead atoms. The van der Waals surface area contributed by atoms with Crippen LogP contribution >= 0.6 is 0 Å². The van der Waals surface area contributed by atoms with Crippen molar-refractivity contribution in [3.05, 3.63) is 0 Å². The van der Waals surface area contributed by atoms with E-state index in [-0.39, 0.29) is 29.9 Å². The average Bonchev–Trinajstić information content (AvgIpc) is 3.17. The fraction of sp³-hybridized carbons (Fsp3) is 0.882.